The molecule has 0 radical (unpaired) electrons. The first-order valence-corrected chi connectivity index (χ1v) is 7.26. The lowest BCUT2D eigenvalue weighted by molar-refractivity contribution is 0.0951. The summed E-state index contributed by atoms with van der Waals surface area (Å²) < 4.78 is 6.98. The maximum absolute atomic E-state index is 12.3. The fourth-order valence-corrected chi connectivity index (χ4v) is 2.25. The molecule has 0 spiro atoms. The molecule has 0 aliphatic heterocycles. The number of imidazole rings is 1. The molecule has 0 saturated carbocycles. The van der Waals surface area contributed by atoms with Gasteiger partial charge in [-0.25, -0.2) is 4.98 Å². The zero-order valence-corrected chi connectivity index (χ0v) is 12.8. The van der Waals surface area contributed by atoms with E-state index in [0.717, 1.165) is 17.0 Å². The van der Waals surface area contributed by atoms with Gasteiger partial charge in [-0.2, -0.15) is 0 Å². The molecule has 0 aliphatic rings. The first kappa shape index (κ1) is 14.8. The van der Waals surface area contributed by atoms with Crippen LogP contribution >= 0.6 is 0 Å². The third-order valence-electron chi connectivity index (χ3n) is 3.52. The van der Waals surface area contributed by atoms with E-state index in [1.807, 2.05) is 53.2 Å². The van der Waals surface area contributed by atoms with Crippen molar-refractivity contribution in [3.8, 4) is 11.4 Å². The van der Waals surface area contributed by atoms with Crippen LogP contribution in [-0.4, -0.2) is 22.6 Å². The monoisotopic (exact) mass is 307 g/mol. The smallest absolute Gasteiger partial charge is 0.251 e. The molecule has 1 N–H and O–H groups in total. The average molecular weight is 307 g/mol. The van der Waals surface area contributed by atoms with Gasteiger partial charge >= 0.3 is 0 Å². The molecular formula is C18H17N3O2. The second-order valence-electron chi connectivity index (χ2n) is 5.05. The number of nitrogens with zero attached hydrogens (tertiary/aromatic N) is 2. The lowest BCUT2D eigenvalue weighted by atomic mass is 10.1. The zero-order valence-electron chi connectivity index (χ0n) is 12.8. The largest absolute Gasteiger partial charge is 0.497 e. The van der Waals surface area contributed by atoms with Gasteiger partial charge in [0, 0.05) is 30.2 Å². The highest BCUT2D eigenvalue weighted by molar-refractivity contribution is 5.94. The van der Waals surface area contributed by atoms with Crippen molar-refractivity contribution in [1.82, 2.24) is 14.9 Å². The van der Waals surface area contributed by atoms with E-state index in [4.69, 9.17) is 4.74 Å². The first-order chi connectivity index (χ1) is 11.3. The van der Waals surface area contributed by atoms with Gasteiger partial charge in [-0.3, -0.25) is 4.79 Å². The molecule has 5 heteroatoms. The molecule has 0 fully saturated rings. The van der Waals surface area contributed by atoms with Crippen molar-refractivity contribution in [3.05, 3.63) is 78.4 Å². The summed E-state index contributed by atoms with van der Waals surface area (Å²) >= 11 is 0. The molecule has 3 aromatic rings. The van der Waals surface area contributed by atoms with Gasteiger partial charge in [0.15, 0.2) is 0 Å². The van der Waals surface area contributed by atoms with Crippen molar-refractivity contribution in [3.63, 3.8) is 0 Å². The molecule has 1 amide bonds. The minimum Gasteiger partial charge on any atom is -0.497 e. The molecule has 1 heterocycles. The standard InChI is InChI=1S/C18H17N3O2/c1-23-17-7-5-14(6-8-17)12-20-18(22)15-3-2-4-16(11-15)21-10-9-19-13-21/h2-11,13H,12H2,1H3,(H,20,22). The molecule has 116 valence electrons. The summed E-state index contributed by atoms with van der Waals surface area (Å²) in [4.78, 5) is 16.3. The number of hydrogen-bond acceptors (Lipinski definition) is 3. The van der Waals surface area contributed by atoms with E-state index in [-0.39, 0.29) is 5.91 Å². The van der Waals surface area contributed by atoms with Crippen LogP contribution in [0.15, 0.2) is 67.3 Å². The van der Waals surface area contributed by atoms with Crippen molar-refractivity contribution in [2.24, 2.45) is 0 Å². The highest BCUT2D eigenvalue weighted by Crippen LogP contribution is 2.12. The summed E-state index contributed by atoms with van der Waals surface area (Å²) in [5.41, 5.74) is 2.54. The van der Waals surface area contributed by atoms with E-state index in [1.54, 1.807) is 25.7 Å². The average Bonchev–Trinajstić information content (AvgIpc) is 3.15. The number of amides is 1. The fourth-order valence-electron chi connectivity index (χ4n) is 2.25. The minimum atomic E-state index is -0.109. The van der Waals surface area contributed by atoms with Crippen LogP contribution in [0.25, 0.3) is 5.69 Å². The van der Waals surface area contributed by atoms with Crippen LogP contribution in [-0.2, 0) is 6.54 Å². The van der Waals surface area contributed by atoms with E-state index < -0.39 is 0 Å². The number of nitrogens with one attached hydrogen (secondary N) is 1. The summed E-state index contributed by atoms with van der Waals surface area (Å²) in [6.07, 6.45) is 5.25. The number of methoxy groups -OCH3 is 1. The van der Waals surface area contributed by atoms with Crippen molar-refractivity contribution >= 4 is 5.91 Å². The molecule has 1 aromatic heterocycles. The molecule has 2 aromatic carbocycles. The Labute approximate surface area is 134 Å². The van der Waals surface area contributed by atoms with Gasteiger partial charge < -0.3 is 14.6 Å². The quantitative estimate of drug-likeness (QED) is 0.788. The van der Waals surface area contributed by atoms with Crippen molar-refractivity contribution in [2.75, 3.05) is 7.11 Å². The SMILES string of the molecule is COc1ccc(CNC(=O)c2cccc(-n3ccnc3)c2)cc1. The Hall–Kier alpha value is -3.08. The number of aromatic nitrogens is 2. The van der Waals surface area contributed by atoms with Crippen molar-refractivity contribution < 1.29 is 9.53 Å². The summed E-state index contributed by atoms with van der Waals surface area (Å²) in [5.74, 6) is 0.691. The minimum absolute atomic E-state index is 0.109. The third-order valence-corrected chi connectivity index (χ3v) is 3.52. The number of ether oxygens (including phenoxy) is 1. The molecule has 5 nitrogen and oxygen atoms in total. The summed E-state index contributed by atoms with van der Waals surface area (Å²) in [6, 6.07) is 15.0. The van der Waals surface area contributed by atoms with Crippen LogP contribution < -0.4 is 10.1 Å². The third kappa shape index (κ3) is 3.58. The predicted octanol–water partition coefficient (Wildman–Crippen LogP) is 2.81. The Morgan fingerprint density at radius 2 is 2.04 bits per heavy atom. The Balaban J connectivity index is 1.67. The normalized spacial score (nSPS) is 10.3. The summed E-state index contributed by atoms with van der Waals surface area (Å²) in [7, 11) is 1.63. The second kappa shape index (κ2) is 6.79. The van der Waals surface area contributed by atoms with Gasteiger partial charge in [0.05, 0.1) is 13.4 Å². The van der Waals surface area contributed by atoms with Gasteiger partial charge in [-0.15, -0.1) is 0 Å². The topological polar surface area (TPSA) is 56.1 Å². The molecule has 0 unspecified atom stereocenters. The lowest BCUT2D eigenvalue weighted by Crippen LogP contribution is -2.22. The number of carbonyl (C=O) groups is 1. The molecular weight excluding hydrogens is 290 g/mol. The van der Waals surface area contributed by atoms with E-state index in [0.29, 0.717) is 12.1 Å². The Bertz CT molecular complexity index is 780. The predicted molar refractivity (Wildman–Crippen MR) is 87.7 cm³/mol. The molecule has 0 aliphatic carbocycles. The Kier molecular flexibility index (Phi) is 4.38. The van der Waals surface area contributed by atoms with Crippen molar-refractivity contribution in [2.45, 2.75) is 6.54 Å². The molecule has 23 heavy (non-hydrogen) atoms. The van der Waals surface area contributed by atoms with Gasteiger partial charge in [0.2, 0.25) is 0 Å². The second-order valence-corrected chi connectivity index (χ2v) is 5.05. The highest BCUT2D eigenvalue weighted by Gasteiger charge is 2.07. The first-order valence-electron chi connectivity index (χ1n) is 7.26. The number of carbonyl (C=O) groups excluding carboxylic acids is 1. The van der Waals surface area contributed by atoms with Crippen molar-refractivity contribution in [1.29, 1.82) is 0 Å². The van der Waals surface area contributed by atoms with Crippen LogP contribution in [0.5, 0.6) is 5.75 Å². The highest BCUT2D eigenvalue weighted by atomic mass is 16.5. The van der Waals surface area contributed by atoms with Crippen LogP contribution in [0.3, 0.4) is 0 Å². The van der Waals surface area contributed by atoms with Crippen LogP contribution in [0.2, 0.25) is 0 Å². The van der Waals surface area contributed by atoms with Crippen LogP contribution in [0.4, 0.5) is 0 Å². The van der Waals surface area contributed by atoms with Gasteiger partial charge in [-0.05, 0) is 35.9 Å². The molecule has 0 bridgehead atoms. The summed E-state index contributed by atoms with van der Waals surface area (Å²) in [6.45, 7) is 0.470. The maximum Gasteiger partial charge on any atom is 0.251 e. The number of benzene rings is 2. The van der Waals surface area contributed by atoms with E-state index >= 15 is 0 Å². The zero-order chi connectivity index (χ0) is 16.1. The molecule has 3 rings (SSSR count). The molecule has 0 atom stereocenters. The van der Waals surface area contributed by atoms with Gasteiger partial charge in [0.25, 0.3) is 5.91 Å². The van der Waals surface area contributed by atoms with E-state index in [1.165, 1.54) is 0 Å². The molecule has 0 saturated heterocycles. The lowest BCUT2D eigenvalue weighted by Gasteiger charge is -2.08. The van der Waals surface area contributed by atoms with E-state index in [2.05, 4.69) is 10.3 Å². The Morgan fingerprint density at radius 1 is 1.22 bits per heavy atom. The fraction of sp³-hybridized carbons (Fsp3) is 0.111. The van der Waals surface area contributed by atoms with Gasteiger partial charge in [-0.1, -0.05) is 18.2 Å². The van der Waals surface area contributed by atoms with Gasteiger partial charge in [0.1, 0.15) is 5.75 Å². The van der Waals surface area contributed by atoms with Crippen LogP contribution in [0.1, 0.15) is 15.9 Å². The number of rotatable bonds is 5. The van der Waals surface area contributed by atoms with Crippen LogP contribution in [0, 0.1) is 0 Å². The number of hydrogen-bond donors (Lipinski definition) is 1. The Morgan fingerprint density at radius 3 is 2.74 bits per heavy atom. The van der Waals surface area contributed by atoms with E-state index in [9.17, 15) is 4.79 Å². The maximum atomic E-state index is 12.3. The summed E-state index contributed by atoms with van der Waals surface area (Å²) in [5, 5.41) is 2.92.